The number of hydrogen-bond acceptors (Lipinski definition) is 5. The minimum atomic E-state index is 0.0334. The number of nitrogens with zero attached hydrogens (tertiary/aromatic N) is 2. The first kappa shape index (κ1) is 19.2. The van der Waals surface area contributed by atoms with Crippen LogP contribution in [0.15, 0.2) is 42.6 Å². The fraction of sp³-hybridized carbons (Fsp3) is 0.429. The van der Waals surface area contributed by atoms with Crippen LogP contribution < -0.4 is 15.0 Å². The van der Waals surface area contributed by atoms with Crippen LogP contribution in [0.3, 0.4) is 0 Å². The summed E-state index contributed by atoms with van der Waals surface area (Å²) in [6, 6.07) is 11.9. The monoisotopic (exact) mass is 369 g/mol. The summed E-state index contributed by atoms with van der Waals surface area (Å²) < 4.78 is 11.0. The molecule has 0 atom stereocenters. The quantitative estimate of drug-likeness (QED) is 0.775. The maximum absolute atomic E-state index is 12.3. The van der Waals surface area contributed by atoms with E-state index in [1.165, 1.54) is 0 Å². The van der Waals surface area contributed by atoms with Gasteiger partial charge in [-0.15, -0.1) is 0 Å². The molecule has 0 saturated carbocycles. The van der Waals surface area contributed by atoms with E-state index in [1.54, 1.807) is 6.20 Å². The zero-order chi connectivity index (χ0) is 18.9. The number of ether oxygens (including phenoxy) is 2. The number of rotatable bonds is 8. The molecular weight excluding hydrogens is 342 g/mol. The molecule has 1 aliphatic heterocycles. The predicted octanol–water partition coefficient (Wildman–Crippen LogP) is 2.57. The Morgan fingerprint density at radius 1 is 1.26 bits per heavy atom. The highest BCUT2D eigenvalue weighted by atomic mass is 16.5. The predicted molar refractivity (Wildman–Crippen MR) is 105 cm³/mol. The molecule has 0 radical (unpaired) electrons. The molecule has 27 heavy (non-hydrogen) atoms. The minimum absolute atomic E-state index is 0.0334. The molecule has 0 unspecified atom stereocenters. The van der Waals surface area contributed by atoms with Crippen LogP contribution >= 0.6 is 0 Å². The second-order valence-corrected chi connectivity index (χ2v) is 6.44. The Balaban J connectivity index is 1.49. The lowest BCUT2D eigenvalue weighted by molar-refractivity contribution is -0.121. The van der Waals surface area contributed by atoms with E-state index in [2.05, 4.69) is 15.2 Å². The maximum Gasteiger partial charge on any atom is 0.220 e. The Kier molecular flexibility index (Phi) is 7.04. The molecule has 0 aliphatic carbocycles. The van der Waals surface area contributed by atoms with Crippen molar-refractivity contribution in [1.82, 2.24) is 10.3 Å². The number of benzene rings is 1. The summed E-state index contributed by atoms with van der Waals surface area (Å²) in [6.45, 7) is 6.24. The largest absolute Gasteiger partial charge is 0.494 e. The van der Waals surface area contributed by atoms with Crippen molar-refractivity contribution in [3.8, 4) is 5.75 Å². The van der Waals surface area contributed by atoms with Crippen LogP contribution in [0, 0.1) is 0 Å². The highest BCUT2D eigenvalue weighted by Gasteiger charge is 2.13. The van der Waals surface area contributed by atoms with Gasteiger partial charge in [0.15, 0.2) is 0 Å². The molecule has 6 heteroatoms. The molecule has 1 aromatic carbocycles. The molecule has 144 valence electrons. The van der Waals surface area contributed by atoms with Gasteiger partial charge in [0.05, 0.1) is 19.8 Å². The first-order valence-corrected chi connectivity index (χ1v) is 9.51. The van der Waals surface area contributed by atoms with Gasteiger partial charge >= 0.3 is 0 Å². The molecule has 1 saturated heterocycles. The van der Waals surface area contributed by atoms with Gasteiger partial charge in [0, 0.05) is 32.3 Å². The fourth-order valence-electron chi connectivity index (χ4n) is 3.08. The third-order valence-electron chi connectivity index (χ3n) is 4.53. The summed E-state index contributed by atoms with van der Waals surface area (Å²) in [5.41, 5.74) is 2.11. The van der Waals surface area contributed by atoms with Gasteiger partial charge in [-0.2, -0.15) is 0 Å². The van der Waals surface area contributed by atoms with Crippen molar-refractivity contribution in [3.05, 3.63) is 53.7 Å². The van der Waals surface area contributed by atoms with Crippen LogP contribution in [0.5, 0.6) is 5.75 Å². The van der Waals surface area contributed by atoms with E-state index in [0.717, 1.165) is 49.0 Å². The number of aromatic nitrogens is 1. The standard InChI is InChI=1S/C21H27N3O3/c1-2-27-19-6-4-3-5-18(19)7-8-21(25)23-16-17-9-10-22-20(15-17)24-11-13-26-14-12-24/h3-6,9-10,15H,2,7-8,11-14,16H2,1H3,(H,23,25). The Morgan fingerprint density at radius 2 is 2.07 bits per heavy atom. The van der Waals surface area contributed by atoms with Gasteiger partial charge in [-0.1, -0.05) is 18.2 Å². The SMILES string of the molecule is CCOc1ccccc1CCC(=O)NCc1ccnc(N2CCOCC2)c1. The summed E-state index contributed by atoms with van der Waals surface area (Å²) in [4.78, 5) is 18.9. The number of nitrogens with one attached hydrogen (secondary N) is 1. The molecule has 1 aromatic heterocycles. The smallest absolute Gasteiger partial charge is 0.220 e. The van der Waals surface area contributed by atoms with Gasteiger partial charge in [0.25, 0.3) is 0 Å². The van der Waals surface area contributed by atoms with E-state index in [4.69, 9.17) is 9.47 Å². The molecular formula is C21H27N3O3. The summed E-state index contributed by atoms with van der Waals surface area (Å²) >= 11 is 0. The number of morpholine rings is 1. The zero-order valence-corrected chi connectivity index (χ0v) is 15.8. The van der Waals surface area contributed by atoms with Crippen LogP contribution in [0.4, 0.5) is 5.82 Å². The molecule has 0 bridgehead atoms. The molecule has 0 spiro atoms. The second-order valence-electron chi connectivity index (χ2n) is 6.44. The minimum Gasteiger partial charge on any atom is -0.494 e. The number of aryl methyl sites for hydroxylation is 1. The van der Waals surface area contributed by atoms with Crippen LogP contribution in [0.2, 0.25) is 0 Å². The summed E-state index contributed by atoms with van der Waals surface area (Å²) in [5.74, 6) is 1.83. The summed E-state index contributed by atoms with van der Waals surface area (Å²) in [5, 5.41) is 3.00. The molecule has 2 aromatic rings. The second kappa shape index (κ2) is 9.92. The van der Waals surface area contributed by atoms with Crippen molar-refractivity contribution in [2.45, 2.75) is 26.3 Å². The van der Waals surface area contributed by atoms with E-state index >= 15 is 0 Å². The van der Waals surface area contributed by atoms with Crippen molar-refractivity contribution < 1.29 is 14.3 Å². The van der Waals surface area contributed by atoms with Gasteiger partial charge in [-0.25, -0.2) is 4.98 Å². The first-order valence-electron chi connectivity index (χ1n) is 9.51. The molecule has 1 fully saturated rings. The fourth-order valence-corrected chi connectivity index (χ4v) is 3.08. The molecule has 1 aliphatic rings. The van der Waals surface area contributed by atoms with Gasteiger partial charge < -0.3 is 19.7 Å². The van der Waals surface area contributed by atoms with Crippen LogP contribution in [0.1, 0.15) is 24.5 Å². The molecule has 1 amide bonds. The normalized spacial score (nSPS) is 14.0. The number of para-hydroxylation sites is 1. The molecule has 3 rings (SSSR count). The van der Waals surface area contributed by atoms with Crippen molar-refractivity contribution in [2.75, 3.05) is 37.8 Å². The van der Waals surface area contributed by atoms with Gasteiger partial charge in [-0.3, -0.25) is 4.79 Å². The van der Waals surface area contributed by atoms with E-state index < -0.39 is 0 Å². The average Bonchev–Trinajstić information content (AvgIpc) is 2.73. The van der Waals surface area contributed by atoms with E-state index in [0.29, 0.717) is 26.0 Å². The Morgan fingerprint density at radius 3 is 2.89 bits per heavy atom. The lowest BCUT2D eigenvalue weighted by Crippen LogP contribution is -2.36. The highest BCUT2D eigenvalue weighted by molar-refractivity contribution is 5.76. The highest BCUT2D eigenvalue weighted by Crippen LogP contribution is 2.19. The molecule has 6 nitrogen and oxygen atoms in total. The topological polar surface area (TPSA) is 63.7 Å². The van der Waals surface area contributed by atoms with Crippen LogP contribution in [-0.2, 0) is 22.5 Å². The third kappa shape index (κ3) is 5.69. The van der Waals surface area contributed by atoms with Gasteiger partial charge in [0.1, 0.15) is 11.6 Å². The maximum atomic E-state index is 12.3. The summed E-state index contributed by atoms with van der Waals surface area (Å²) in [7, 11) is 0. The lowest BCUT2D eigenvalue weighted by Gasteiger charge is -2.28. The number of carbonyl (C=O) groups is 1. The number of hydrogen-bond donors (Lipinski definition) is 1. The van der Waals surface area contributed by atoms with Crippen molar-refractivity contribution in [3.63, 3.8) is 0 Å². The van der Waals surface area contributed by atoms with Crippen molar-refractivity contribution >= 4 is 11.7 Å². The van der Waals surface area contributed by atoms with E-state index in [1.807, 2.05) is 43.3 Å². The van der Waals surface area contributed by atoms with Crippen molar-refractivity contribution in [1.29, 1.82) is 0 Å². The number of amides is 1. The van der Waals surface area contributed by atoms with Crippen LogP contribution in [0.25, 0.3) is 0 Å². The van der Waals surface area contributed by atoms with E-state index in [9.17, 15) is 4.79 Å². The number of carbonyl (C=O) groups excluding carboxylic acids is 1. The third-order valence-corrected chi connectivity index (χ3v) is 4.53. The van der Waals surface area contributed by atoms with Gasteiger partial charge in [-0.05, 0) is 42.7 Å². The average molecular weight is 369 g/mol. The first-order chi connectivity index (χ1) is 13.3. The zero-order valence-electron chi connectivity index (χ0n) is 15.8. The number of anilines is 1. The molecule has 1 N–H and O–H groups in total. The summed E-state index contributed by atoms with van der Waals surface area (Å²) in [6.07, 6.45) is 2.90. The van der Waals surface area contributed by atoms with Crippen LogP contribution in [-0.4, -0.2) is 43.8 Å². The Bertz CT molecular complexity index is 745. The van der Waals surface area contributed by atoms with Crippen molar-refractivity contribution in [2.24, 2.45) is 0 Å². The lowest BCUT2D eigenvalue weighted by atomic mass is 10.1. The Hall–Kier alpha value is -2.60. The van der Waals surface area contributed by atoms with E-state index in [-0.39, 0.29) is 5.91 Å². The molecule has 2 heterocycles. The number of pyridine rings is 1. The van der Waals surface area contributed by atoms with Gasteiger partial charge in [0.2, 0.25) is 5.91 Å². The Labute approximate surface area is 160 Å².